The average Bonchev–Trinajstić information content (AvgIpc) is 2.34. The third-order valence-electron chi connectivity index (χ3n) is 3.76. The van der Waals surface area contributed by atoms with Crippen LogP contribution in [0.4, 0.5) is 4.39 Å². The maximum absolute atomic E-state index is 14.1. The summed E-state index contributed by atoms with van der Waals surface area (Å²) in [5.41, 5.74) is 8.11. The van der Waals surface area contributed by atoms with Gasteiger partial charge in [-0.05, 0) is 45.3 Å². The fourth-order valence-electron chi connectivity index (χ4n) is 2.95. The molecular formula is C15H23FN2. The van der Waals surface area contributed by atoms with Crippen LogP contribution in [0.3, 0.4) is 0 Å². The Morgan fingerprint density at radius 1 is 1.44 bits per heavy atom. The van der Waals surface area contributed by atoms with E-state index in [4.69, 9.17) is 5.73 Å². The summed E-state index contributed by atoms with van der Waals surface area (Å²) in [7, 11) is 0. The minimum atomic E-state index is -0.121. The highest BCUT2D eigenvalue weighted by atomic mass is 19.1. The van der Waals surface area contributed by atoms with Crippen molar-refractivity contribution in [1.82, 2.24) is 4.90 Å². The minimum absolute atomic E-state index is 0.0404. The number of nitrogens with two attached hydrogens (primary N) is 1. The smallest absolute Gasteiger partial charge is 0.128 e. The molecule has 0 radical (unpaired) electrons. The van der Waals surface area contributed by atoms with Crippen molar-refractivity contribution in [3.63, 3.8) is 0 Å². The van der Waals surface area contributed by atoms with Crippen LogP contribution in [0.15, 0.2) is 18.2 Å². The summed E-state index contributed by atoms with van der Waals surface area (Å²) in [6, 6.07) is 5.42. The highest BCUT2D eigenvalue weighted by Crippen LogP contribution is 2.32. The zero-order chi connectivity index (χ0) is 13.1. The van der Waals surface area contributed by atoms with E-state index in [2.05, 4.69) is 11.8 Å². The molecule has 2 nitrogen and oxygen atoms in total. The SMILES string of the molecule is CCCN1CCCC(N)C1c1cc(C)ccc1F. The molecule has 1 aliphatic heterocycles. The molecule has 1 aromatic rings. The molecular weight excluding hydrogens is 227 g/mol. The third-order valence-corrected chi connectivity index (χ3v) is 3.76. The molecule has 0 aromatic heterocycles. The van der Waals surface area contributed by atoms with Gasteiger partial charge in [0.1, 0.15) is 5.82 Å². The number of hydrogen-bond acceptors (Lipinski definition) is 2. The Balaban J connectivity index is 2.33. The molecule has 0 saturated carbocycles. The fraction of sp³-hybridized carbons (Fsp3) is 0.600. The molecule has 100 valence electrons. The van der Waals surface area contributed by atoms with Crippen LogP contribution < -0.4 is 5.73 Å². The number of halogens is 1. The van der Waals surface area contributed by atoms with Crippen LogP contribution in [0, 0.1) is 12.7 Å². The highest BCUT2D eigenvalue weighted by Gasteiger charge is 2.31. The van der Waals surface area contributed by atoms with E-state index in [-0.39, 0.29) is 17.9 Å². The maximum Gasteiger partial charge on any atom is 0.128 e. The third kappa shape index (κ3) is 2.73. The lowest BCUT2D eigenvalue weighted by Gasteiger charge is -2.40. The summed E-state index contributed by atoms with van der Waals surface area (Å²) >= 11 is 0. The molecule has 1 heterocycles. The van der Waals surface area contributed by atoms with Gasteiger partial charge in [0.15, 0.2) is 0 Å². The van der Waals surface area contributed by atoms with Crippen molar-refractivity contribution in [3.8, 4) is 0 Å². The van der Waals surface area contributed by atoms with Gasteiger partial charge in [-0.2, -0.15) is 0 Å². The second-order valence-corrected chi connectivity index (χ2v) is 5.31. The number of hydrogen-bond donors (Lipinski definition) is 1. The Bertz CT molecular complexity index is 403. The predicted molar refractivity (Wildman–Crippen MR) is 73.0 cm³/mol. The van der Waals surface area contributed by atoms with Crippen LogP contribution in [-0.4, -0.2) is 24.0 Å². The second-order valence-electron chi connectivity index (χ2n) is 5.31. The first-order valence-electron chi connectivity index (χ1n) is 6.89. The van der Waals surface area contributed by atoms with E-state index in [1.54, 1.807) is 6.07 Å². The van der Waals surface area contributed by atoms with E-state index >= 15 is 0 Å². The van der Waals surface area contributed by atoms with E-state index < -0.39 is 0 Å². The van der Waals surface area contributed by atoms with Crippen molar-refractivity contribution < 1.29 is 4.39 Å². The van der Waals surface area contributed by atoms with Gasteiger partial charge in [0.05, 0.1) is 6.04 Å². The molecule has 1 aromatic carbocycles. The minimum Gasteiger partial charge on any atom is -0.326 e. The van der Waals surface area contributed by atoms with Gasteiger partial charge in [-0.3, -0.25) is 4.90 Å². The fourth-order valence-corrected chi connectivity index (χ4v) is 2.95. The summed E-state index contributed by atoms with van der Waals surface area (Å²) in [6.45, 7) is 6.18. The van der Waals surface area contributed by atoms with Gasteiger partial charge >= 0.3 is 0 Å². The van der Waals surface area contributed by atoms with Crippen LogP contribution in [0.1, 0.15) is 43.4 Å². The van der Waals surface area contributed by atoms with Gasteiger partial charge in [-0.25, -0.2) is 4.39 Å². The molecule has 0 bridgehead atoms. The van der Waals surface area contributed by atoms with Crippen LogP contribution >= 0.6 is 0 Å². The van der Waals surface area contributed by atoms with Crippen molar-refractivity contribution in [3.05, 3.63) is 35.1 Å². The lowest BCUT2D eigenvalue weighted by Crippen LogP contribution is -2.46. The molecule has 2 atom stereocenters. The highest BCUT2D eigenvalue weighted by molar-refractivity contribution is 5.28. The number of benzene rings is 1. The standard InChI is InChI=1S/C15H23FN2/c1-3-8-18-9-4-5-14(17)15(18)12-10-11(2)6-7-13(12)16/h6-7,10,14-15H,3-5,8-9,17H2,1-2H3. The lowest BCUT2D eigenvalue weighted by atomic mass is 9.89. The zero-order valence-electron chi connectivity index (χ0n) is 11.3. The molecule has 1 saturated heterocycles. The monoisotopic (exact) mass is 250 g/mol. The number of nitrogens with zero attached hydrogens (tertiary/aromatic N) is 1. The summed E-state index contributed by atoms with van der Waals surface area (Å²) < 4.78 is 14.1. The van der Waals surface area contributed by atoms with Crippen molar-refractivity contribution in [1.29, 1.82) is 0 Å². The predicted octanol–water partition coefficient (Wildman–Crippen LogP) is 3.01. The first-order valence-corrected chi connectivity index (χ1v) is 6.89. The van der Waals surface area contributed by atoms with Gasteiger partial charge in [0.25, 0.3) is 0 Å². The Hall–Kier alpha value is -0.930. The van der Waals surface area contributed by atoms with Gasteiger partial charge in [-0.1, -0.05) is 24.6 Å². The Morgan fingerprint density at radius 3 is 2.94 bits per heavy atom. The van der Waals surface area contributed by atoms with Crippen molar-refractivity contribution in [2.24, 2.45) is 5.73 Å². The van der Waals surface area contributed by atoms with Crippen molar-refractivity contribution in [2.75, 3.05) is 13.1 Å². The van der Waals surface area contributed by atoms with E-state index in [1.165, 1.54) is 0 Å². The van der Waals surface area contributed by atoms with E-state index in [9.17, 15) is 4.39 Å². The van der Waals surface area contributed by atoms with E-state index in [1.807, 2.05) is 19.1 Å². The maximum atomic E-state index is 14.1. The number of aryl methyl sites for hydroxylation is 1. The quantitative estimate of drug-likeness (QED) is 0.893. The van der Waals surface area contributed by atoms with Crippen LogP contribution in [0.5, 0.6) is 0 Å². The summed E-state index contributed by atoms with van der Waals surface area (Å²) in [4.78, 5) is 2.34. The largest absolute Gasteiger partial charge is 0.326 e. The van der Waals surface area contributed by atoms with Crippen LogP contribution in [0.2, 0.25) is 0 Å². The van der Waals surface area contributed by atoms with Crippen molar-refractivity contribution >= 4 is 0 Å². The van der Waals surface area contributed by atoms with Gasteiger partial charge < -0.3 is 5.73 Å². The molecule has 2 rings (SSSR count). The van der Waals surface area contributed by atoms with Crippen LogP contribution in [-0.2, 0) is 0 Å². The summed E-state index contributed by atoms with van der Waals surface area (Å²) in [6.07, 6.45) is 3.18. The molecule has 0 amide bonds. The first kappa shape index (κ1) is 13.5. The molecule has 2 N–H and O–H groups in total. The molecule has 0 aliphatic carbocycles. The average molecular weight is 250 g/mol. The van der Waals surface area contributed by atoms with Gasteiger partial charge in [0.2, 0.25) is 0 Å². The normalized spacial score (nSPS) is 25.3. The molecule has 0 spiro atoms. The van der Waals surface area contributed by atoms with Crippen molar-refractivity contribution in [2.45, 2.75) is 45.2 Å². The van der Waals surface area contributed by atoms with Gasteiger partial charge in [-0.15, -0.1) is 0 Å². The van der Waals surface area contributed by atoms with E-state index in [0.29, 0.717) is 0 Å². The summed E-state index contributed by atoms with van der Waals surface area (Å²) in [5, 5.41) is 0. The van der Waals surface area contributed by atoms with Gasteiger partial charge in [0, 0.05) is 11.6 Å². The Kier molecular flexibility index (Phi) is 4.36. The molecule has 1 fully saturated rings. The lowest BCUT2D eigenvalue weighted by molar-refractivity contribution is 0.125. The molecule has 2 unspecified atom stereocenters. The number of likely N-dealkylation sites (tertiary alicyclic amines) is 1. The molecule has 18 heavy (non-hydrogen) atoms. The van der Waals surface area contributed by atoms with E-state index in [0.717, 1.165) is 43.5 Å². The zero-order valence-corrected chi connectivity index (χ0v) is 11.3. The Morgan fingerprint density at radius 2 is 2.22 bits per heavy atom. The number of piperidine rings is 1. The topological polar surface area (TPSA) is 29.3 Å². The molecule has 3 heteroatoms. The summed E-state index contributed by atoms with van der Waals surface area (Å²) in [5.74, 6) is -0.121. The van der Waals surface area contributed by atoms with Crippen LogP contribution in [0.25, 0.3) is 0 Å². The number of rotatable bonds is 3. The first-order chi connectivity index (χ1) is 8.63. The Labute approximate surface area is 109 Å². The molecule has 1 aliphatic rings. The second kappa shape index (κ2) is 5.81.